The van der Waals surface area contributed by atoms with E-state index in [0.29, 0.717) is 11.8 Å². The summed E-state index contributed by atoms with van der Waals surface area (Å²) in [5, 5.41) is 0. The Labute approximate surface area is 159 Å². The van der Waals surface area contributed by atoms with Crippen molar-refractivity contribution < 1.29 is 0 Å². The van der Waals surface area contributed by atoms with Crippen molar-refractivity contribution in [1.82, 2.24) is 4.31 Å². The van der Waals surface area contributed by atoms with E-state index in [4.69, 9.17) is 11.5 Å². The van der Waals surface area contributed by atoms with Crippen molar-refractivity contribution in [2.45, 2.75) is 18.2 Å². The van der Waals surface area contributed by atoms with Crippen molar-refractivity contribution in [3.05, 3.63) is 53.6 Å². The first-order valence-electron chi connectivity index (χ1n) is 8.98. The monoisotopic (exact) mass is 364 g/mol. The Morgan fingerprint density at radius 3 is 2.77 bits per heavy atom. The lowest BCUT2D eigenvalue weighted by Crippen LogP contribution is -2.45. The average Bonchev–Trinajstić information content (AvgIpc) is 2.73. The predicted octanol–water partition coefficient (Wildman–Crippen LogP) is 4.05. The molecule has 134 valence electrons. The number of nitrogens with two attached hydrogens (primary N) is 2. The van der Waals surface area contributed by atoms with Gasteiger partial charge < -0.3 is 11.5 Å². The van der Waals surface area contributed by atoms with Gasteiger partial charge >= 0.3 is 0 Å². The zero-order valence-corrected chi connectivity index (χ0v) is 15.8. The molecule has 0 amide bonds. The molecule has 26 heavy (non-hydrogen) atoms. The van der Waals surface area contributed by atoms with E-state index in [1.165, 1.54) is 21.6 Å². The van der Waals surface area contributed by atoms with E-state index in [2.05, 4.69) is 64.8 Å². The number of hydrogen-bond donors (Lipinski definition) is 2. The third kappa shape index (κ3) is 3.70. The fourth-order valence-corrected chi connectivity index (χ4v) is 4.55. The van der Waals surface area contributed by atoms with Gasteiger partial charge in [-0.05, 0) is 60.7 Å². The van der Waals surface area contributed by atoms with E-state index in [0.717, 1.165) is 37.3 Å². The highest BCUT2D eigenvalue weighted by Gasteiger charge is 2.26. The lowest BCUT2D eigenvalue weighted by molar-refractivity contribution is 0.227. The van der Waals surface area contributed by atoms with Gasteiger partial charge in [0.1, 0.15) is 5.84 Å². The molecule has 0 saturated carbocycles. The molecule has 0 aliphatic carbocycles. The molecule has 2 aromatic rings. The van der Waals surface area contributed by atoms with Crippen LogP contribution in [0.5, 0.6) is 0 Å². The Balaban J connectivity index is 1.59. The summed E-state index contributed by atoms with van der Waals surface area (Å²) in [7, 11) is 0. The summed E-state index contributed by atoms with van der Waals surface area (Å²) in [6.45, 7) is 5.02. The molecule has 0 radical (unpaired) electrons. The summed E-state index contributed by atoms with van der Waals surface area (Å²) >= 11 is 1.81. The number of rotatable bonds is 4. The predicted molar refractivity (Wildman–Crippen MR) is 111 cm³/mol. The first-order chi connectivity index (χ1) is 12.6. The van der Waals surface area contributed by atoms with Crippen molar-refractivity contribution in [3.63, 3.8) is 0 Å². The smallest absolute Gasteiger partial charge is 0.104 e. The number of nitrogens with zero attached hydrogens (tertiary/aromatic N) is 2. The zero-order chi connectivity index (χ0) is 18.1. The number of benzene rings is 2. The Morgan fingerprint density at radius 1 is 1.15 bits per heavy atom. The van der Waals surface area contributed by atoms with Crippen LogP contribution in [0.15, 0.2) is 57.9 Å². The first-order valence-corrected chi connectivity index (χ1v) is 9.76. The Hall–Kier alpha value is -2.08. The lowest BCUT2D eigenvalue weighted by atomic mass is 10.0. The van der Waals surface area contributed by atoms with Gasteiger partial charge in [-0.2, -0.15) is 0 Å². The van der Waals surface area contributed by atoms with Gasteiger partial charge in [0, 0.05) is 30.0 Å². The Kier molecular flexibility index (Phi) is 4.85. The molecule has 2 heterocycles. The molecule has 0 unspecified atom stereocenters. The van der Waals surface area contributed by atoms with Gasteiger partial charge in [0.25, 0.3) is 0 Å². The van der Waals surface area contributed by atoms with Crippen LogP contribution in [0.25, 0.3) is 17.2 Å². The molecule has 2 aliphatic rings. The summed E-state index contributed by atoms with van der Waals surface area (Å²) in [6.07, 6.45) is 2.91. The number of fused-ring (bicyclic) bond motifs is 1. The molecule has 0 bridgehead atoms. The highest BCUT2D eigenvalue weighted by molar-refractivity contribution is 7.97. The SMILES string of the molecule is CC1=Cc2ccc(-c3cccc(SN4CC(CN)C4)c3)cc2N=C(N)C1. The van der Waals surface area contributed by atoms with Crippen LogP contribution in [0, 0.1) is 5.92 Å². The minimum atomic E-state index is 0.648. The van der Waals surface area contributed by atoms with Crippen molar-refractivity contribution >= 4 is 29.5 Å². The van der Waals surface area contributed by atoms with Gasteiger partial charge in [-0.3, -0.25) is 0 Å². The van der Waals surface area contributed by atoms with Gasteiger partial charge in [-0.15, -0.1) is 0 Å². The second-order valence-corrected chi connectivity index (χ2v) is 8.28. The fraction of sp³-hybridized carbons (Fsp3) is 0.286. The van der Waals surface area contributed by atoms with Crippen LogP contribution in [0.2, 0.25) is 0 Å². The van der Waals surface area contributed by atoms with E-state index >= 15 is 0 Å². The quantitative estimate of drug-likeness (QED) is 0.803. The van der Waals surface area contributed by atoms with Gasteiger partial charge in [0.2, 0.25) is 0 Å². The third-order valence-corrected chi connectivity index (χ3v) is 5.84. The molecule has 0 aromatic heterocycles. The fourth-order valence-electron chi connectivity index (χ4n) is 3.37. The van der Waals surface area contributed by atoms with E-state index in [-0.39, 0.29) is 0 Å². The minimum absolute atomic E-state index is 0.648. The number of amidine groups is 1. The second kappa shape index (κ2) is 7.27. The molecule has 1 saturated heterocycles. The molecule has 5 heteroatoms. The van der Waals surface area contributed by atoms with Crippen LogP contribution in [0.4, 0.5) is 5.69 Å². The maximum Gasteiger partial charge on any atom is 0.104 e. The zero-order valence-electron chi connectivity index (χ0n) is 15.0. The van der Waals surface area contributed by atoms with E-state index < -0.39 is 0 Å². The summed E-state index contributed by atoms with van der Waals surface area (Å²) in [5.74, 6) is 1.32. The summed E-state index contributed by atoms with van der Waals surface area (Å²) in [6, 6.07) is 15.1. The molecule has 4 N–H and O–H groups in total. The standard InChI is InChI=1S/C21H24N4S/c1-14-7-18-6-5-17(10-20(18)24-21(23)8-14)16-3-2-4-19(9-16)26-25-12-15(11-22)13-25/h2-7,9-10,15H,8,11-13,22H2,1H3,(H2,23,24). The molecule has 0 spiro atoms. The van der Waals surface area contributed by atoms with Crippen LogP contribution >= 0.6 is 11.9 Å². The summed E-state index contributed by atoms with van der Waals surface area (Å²) in [4.78, 5) is 5.86. The second-order valence-electron chi connectivity index (χ2n) is 7.11. The first kappa shape index (κ1) is 17.3. The van der Waals surface area contributed by atoms with Gasteiger partial charge in [-0.1, -0.05) is 35.9 Å². The minimum Gasteiger partial charge on any atom is -0.387 e. The van der Waals surface area contributed by atoms with Crippen molar-refractivity contribution in [1.29, 1.82) is 0 Å². The van der Waals surface area contributed by atoms with Crippen molar-refractivity contribution in [2.24, 2.45) is 22.4 Å². The van der Waals surface area contributed by atoms with Crippen molar-refractivity contribution in [3.8, 4) is 11.1 Å². The molecular formula is C21H24N4S. The molecular weight excluding hydrogens is 340 g/mol. The maximum absolute atomic E-state index is 6.04. The number of hydrogen-bond acceptors (Lipinski definition) is 5. The molecule has 0 atom stereocenters. The topological polar surface area (TPSA) is 67.6 Å². The van der Waals surface area contributed by atoms with Gasteiger partial charge in [-0.25, -0.2) is 9.30 Å². The van der Waals surface area contributed by atoms with Crippen LogP contribution in [0.1, 0.15) is 18.9 Å². The number of aliphatic imine (C=N–C) groups is 1. The van der Waals surface area contributed by atoms with E-state index in [9.17, 15) is 0 Å². The molecule has 2 aromatic carbocycles. The molecule has 4 nitrogen and oxygen atoms in total. The highest BCUT2D eigenvalue weighted by Crippen LogP contribution is 2.35. The van der Waals surface area contributed by atoms with Crippen LogP contribution < -0.4 is 11.5 Å². The maximum atomic E-state index is 6.04. The van der Waals surface area contributed by atoms with Gasteiger partial charge in [0.05, 0.1) is 5.69 Å². The average molecular weight is 365 g/mol. The third-order valence-electron chi connectivity index (χ3n) is 4.82. The Morgan fingerprint density at radius 2 is 1.96 bits per heavy atom. The molecule has 1 fully saturated rings. The van der Waals surface area contributed by atoms with E-state index in [1.807, 2.05) is 11.9 Å². The van der Waals surface area contributed by atoms with E-state index in [1.54, 1.807) is 0 Å². The Bertz CT molecular complexity index is 881. The van der Waals surface area contributed by atoms with Crippen LogP contribution in [0.3, 0.4) is 0 Å². The van der Waals surface area contributed by atoms with Crippen LogP contribution in [-0.2, 0) is 0 Å². The normalized spacial score (nSPS) is 17.8. The largest absolute Gasteiger partial charge is 0.387 e. The molecule has 4 rings (SSSR count). The van der Waals surface area contributed by atoms with Crippen LogP contribution in [-0.4, -0.2) is 29.8 Å². The summed E-state index contributed by atoms with van der Waals surface area (Å²) in [5.41, 5.74) is 17.4. The molecule has 2 aliphatic heterocycles. The van der Waals surface area contributed by atoms with Crippen molar-refractivity contribution in [2.75, 3.05) is 19.6 Å². The lowest BCUT2D eigenvalue weighted by Gasteiger charge is -2.37. The van der Waals surface area contributed by atoms with Gasteiger partial charge in [0.15, 0.2) is 0 Å². The highest BCUT2D eigenvalue weighted by atomic mass is 32.2. The summed E-state index contributed by atoms with van der Waals surface area (Å²) < 4.78 is 2.37.